The van der Waals surface area contributed by atoms with E-state index in [1.165, 1.54) is 0 Å². The van der Waals surface area contributed by atoms with Crippen molar-refractivity contribution in [1.29, 1.82) is 0 Å². The summed E-state index contributed by atoms with van der Waals surface area (Å²) in [4.78, 5) is 54.0. The number of aliphatic carboxylic acids is 1. The number of para-hydroxylation sites is 1. The van der Waals surface area contributed by atoms with Crippen molar-refractivity contribution < 1.29 is 28.9 Å². The fraction of sp³-hybridized carbons (Fsp3) is 0.303. The predicted molar refractivity (Wildman–Crippen MR) is 165 cm³/mol. The first-order valence-corrected chi connectivity index (χ1v) is 16.4. The van der Waals surface area contributed by atoms with Crippen LogP contribution in [0.5, 0.6) is 0 Å². The number of hydrogen-bond acceptors (Lipinski definition) is 4. The number of aromatic nitrogens is 1. The summed E-state index contributed by atoms with van der Waals surface area (Å²) in [5.74, 6) is -3.35. The number of carboxylic acid groups (broad SMARTS) is 1. The number of rotatable bonds is 12. The lowest BCUT2D eigenvalue weighted by Gasteiger charge is -2.34. The zero-order valence-corrected chi connectivity index (χ0v) is 24.6. The van der Waals surface area contributed by atoms with E-state index in [1.54, 1.807) is 36.5 Å². The molecule has 1 saturated carbocycles. The van der Waals surface area contributed by atoms with E-state index in [1.807, 2.05) is 54.6 Å². The van der Waals surface area contributed by atoms with Crippen LogP contribution >= 0.6 is 7.37 Å². The van der Waals surface area contributed by atoms with E-state index in [9.17, 15) is 28.9 Å². The van der Waals surface area contributed by atoms with Gasteiger partial charge in [-0.2, -0.15) is 0 Å². The molecule has 224 valence electrons. The predicted octanol–water partition coefficient (Wildman–Crippen LogP) is 5.11. The topological polar surface area (TPSA) is 149 Å². The highest BCUT2D eigenvalue weighted by Gasteiger charge is 2.49. The molecular weight excluding hydrogens is 565 g/mol. The summed E-state index contributed by atoms with van der Waals surface area (Å²) in [7, 11) is -4.21. The highest BCUT2D eigenvalue weighted by Crippen LogP contribution is 2.55. The van der Waals surface area contributed by atoms with Gasteiger partial charge in [0.15, 0.2) is 0 Å². The molecule has 5 rings (SSSR count). The first kappa shape index (κ1) is 30.3. The molecule has 9 nitrogen and oxygen atoms in total. The Hall–Kier alpha value is -4.20. The van der Waals surface area contributed by atoms with Gasteiger partial charge in [-0.15, -0.1) is 0 Å². The van der Waals surface area contributed by atoms with Crippen molar-refractivity contribution in [2.45, 2.75) is 50.3 Å². The molecule has 0 bridgehead atoms. The van der Waals surface area contributed by atoms with Crippen LogP contribution in [0.2, 0.25) is 0 Å². The van der Waals surface area contributed by atoms with E-state index in [4.69, 9.17) is 0 Å². The van der Waals surface area contributed by atoms with Gasteiger partial charge in [0.2, 0.25) is 13.3 Å². The number of carboxylic acids is 1. The fourth-order valence-corrected chi connectivity index (χ4v) is 8.40. The van der Waals surface area contributed by atoms with Gasteiger partial charge in [-0.25, -0.2) is 4.79 Å². The third-order valence-corrected chi connectivity index (χ3v) is 10.7. The van der Waals surface area contributed by atoms with Gasteiger partial charge in [-0.1, -0.05) is 79.6 Å². The van der Waals surface area contributed by atoms with Gasteiger partial charge >= 0.3 is 5.97 Å². The van der Waals surface area contributed by atoms with Crippen LogP contribution in [0.3, 0.4) is 0 Å². The second-order valence-corrected chi connectivity index (χ2v) is 13.8. The maximum atomic E-state index is 14.2. The lowest BCUT2D eigenvalue weighted by Crippen LogP contribution is -2.50. The quantitative estimate of drug-likeness (QED) is 0.143. The van der Waals surface area contributed by atoms with Crippen LogP contribution in [0.1, 0.15) is 47.2 Å². The van der Waals surface area contributed by atoms with Gasteiger partial charge < -0.3 is 25.6 Å². The van der Waals surface area contributed by atoms with Crippen LogP contribution in [0.15, 0.2) is 91.1 Å². The molecule has 4 aromatic rings. The average molecular weight is 602 g/mol. The third kappa shape index (κ3) is 7.07. The Morgan fingerprint density at radius 2 is 1.49 bits per heavy atom. The number of carbonyl (C=O) groups excluding carboxylic acids is 2. The molecule has 10 heteroatoms. The molecule has 0 aliphatic heterocycles. The summed E-state index contributed by atoms with van der Waals surface area (Å²) < 4.78 is 14.2. The molecule has 0 spiro atoms. The Kier molecular flexibility index (Phi) is 9.14. The number of hydrogen-bond donors (Lipinski definition) is 5. The van der Waals surface area contributed by atoms with E-state index in [0.29, 0.717) is 31.2 Å². The van der Waals surface area contributed by atoms with Crippen LogP contribution in [-0.2, 0) is 27.0 Å². The molecule has 1 aliphatic carbocycles. The van der Waals surface area contributed by atoms with Gasteiger partial charge in [-0.3, -0.25) is 14.2 Å². The molecule has 1 heterocycles. The second-order valence-electron chi connectivity index (χ2n) is 11.4. The molecule has 1 aromatic heterocycles. The van der Waals surface area contributed by atoms with Crippen molar-refractivity contribution in [2.24, 2.45) is 5.41 Å². The molecular formula is C33H36N3O6P. The number of carbonyl (C=O) groups is 3. The van der Waals surface area contributed by atoms with Gasteiger partial charge in [0.25, 0.3) is 5.91 Å². The first-order valence-electron chi connectivity index (χ1n) is 14.5. The Labute approximate surface area is 250 Å². The Morgan fingerprint density at radius 1 is 0.860 bits per heavy atom. The van der Waals surface area contributed by atoms with Crippen molar-refractivity contribution in [3.8, 4) is 0 Å². The van der Waals surface area contributed by atoms with Crippen LogP contribution in [0.25, 0.3) is 10.9 Å². The van der Waals surface area contributed by atoms with Crippen LogP contribution < -0.4 is 10.6 Å². The Morgan fingerprint density at radius 3 is 2.16 bits per heavy atom. The lowest BCUT2D eigenvalue weighted by atomic mass is 9.87. The molecule has 1 fully saturated rings. The molecule has 1 unspecified atom stereocenters. The average Bonchev–Trinajstić information content (AvgIpc) is 3.65. The van der Waals surface area contributed by atoms with Gasteiger partial charge in [0, 0.05) is 41.7 Å². The number of aromatic amines is 1. The molecule has 0 saturated heterocycles. The summed E-state index contributed by atoms with van der Waals surface area (Å²) in [6, 6.07) is 23.9. The standard InChI is InChI=1S/C33H36N3O6P/c37-30(24-13-5-2-6-14-24)36-29(19-23-11-3-1-4-12-23)43(41,42)22-33(17-9-10-18-33)32(40)35-28(31(38)39)20-25-21-34-27-16-8-7-15-26(25)27/h1-8,11-16,21,28-29,34H,9-10,17-20,22H2,(H,35,40)(H,36,37)(H,38,39)(H,41,42)/t28-,29+/m0/s1. The second kappa shape index (κ2) is 13.0. The monoisotopic (exact) mass is 601 g/mol. The Balaban J connectivity index is 1.38. The minimum absolute atomic E-state index is 0.0573. The normalized spacial score (nSPS) is 17.0. The zero-order valence-electron chi connectivity index (χ0n) is 23.7. The minimum Gasteiger partial charge on any atom is -0.480 e. The van der Waals surface area contributed by atoms with E-state index in [0.717, 1.165) is 22.0 Å². The van der Waals surface area contributed by atoms with Crippen molar-refractivity contribution in [2.75, 3.05) is 6.16 Å². The Bertz CT molecular complexity index is 1630. The summed E-state index contributed by atoms with van der Waals surface area (Å²) in [5, 5.41) is 16.4. The minimum atomic E-state index is -4.21. The number of H-pyrrole nitrogens is 1. The zero-order chi connectivity index (χ0) is 30.5. The van der Waals surface area contributed by atoms with E-state index < -0.39 is 42.4 Å². The summed E-state index contributed by atoms with van der Waals surface area (Å²) in [6.07, 6.45) is 3.59. The highest BCUT2D eigenvalue weighted by atomic mass is 31.2. The molecule has 3 aromatic carbocycles. The van der Waals surface area contributed by atoms with Crippen LogP contribution in [-0.4, -0.2) is 50.8 Å². The first-order chi connectivity index (χ1) is 20.7. The molecule has 1 aliphatic rings. The van der Waals surface area contributed by atoms with Crippen molar-refractivity contribution in [3.05, 3.63) is 108 Å². The molecule has 0 radical (unpaired) electrons. The van der Waals surface area contributed by atoms with E-state index in [-0.39, 0.29) is 19.0 Å². The van der Waals surface area contributed by atoms with Crippen LogP contribution in [0, 0.1) is 5.41 Å². The maximum Gasteiger partial charge on any atom is 0.326 e. The molecule has 43 heavy (non-hydrogen) atoms. The van der Waals surface area contributed by atoms with Gasteiger partial charge in [-0.05, 0) is 42.2 Å². The van der Waals surface area contributed by atoms with Gasteiger partial charge in [0.05, 0.1) is 5.41 Å². The summed E-state index contributed by atoms with van der Waals surface area (Å²) in [5.41, 5.74) is 1.51. The maximum absolute atomic E-state index is 14.2. The molecule has 5 N–H and O–H groups in total. The largest absolute Gasteiger partial charge is 0.480 e. The summed E-state index contributed by atoms with van der Waals surface area (Å²) in [6.45, 7) is 0. The SMILES string of the molecule is O=C(N[C@@H](Cc1ccccc1)P(=O)(O)CC1(C(=O)N[C@@H](Cc2c[nH]c3ccccc23)C(=O)O)CCCC1)c1ccccc1. The number of nitrogens with one attached hydrogen (secondary N) is 3. The summed E-state index contributed by atoms with van der Waals surface area (Å²) >= 11 is 0. The number of fused-ring (bicyclic) bond motifs is 1. The van der Waals surface area contributed by atoms with E-state index in [2.05, 4.69) is 15.6 Å². The van der Waals surface area contributed by atoms with Crippen molar-refractivity contribution in [3.63, 3.8) is 0 Å². The molecule has 3 atom stereocenters. The molecule has 2 amide bonds. The van der Waals surface area contributed by atoms with Crippen molar-refractivity contribution >= 4 is 36.1 Å². The fourth-order valence-electron chi connectivity index (χ4n) is 6.04. The van der Waals surface area contributed by atoms with Gasteiger partial charge in [0.1, 0.15) is 11.8 Å². The third-order valence-electron chi connectivity index (χ3n) is 8.37. The van der Waals surface area contributed by atoms with E-state index >= 15 is 0 Å². The smallest absolute Gasteiger partial charge is 0.326 e. The van der Waals surface area contributed by atoms with Crippen LogP contribution in [0.4, 0.5) is 0 Å². The van der Waals surface area contributed by atoms with Crippen molar-refractivity contribution in [1.82, 2.24) is 15.6 Å². The number of benzene rings is 3. The number of amides is 2. The lowest BCUT2D eigenvalue weighted by molar-refractivity contribution is -0.143. The highest BCUT2D eigenvalue weighted by molar-refractivity contribution is 7.58.